The number of nitrogens with one attached hydrogen (secondary N) is 1. The summed E-state index contributed by atoms with van der Waals surface area (Å²) in [6, 6.07) is 9.79. The van der Waals surface area contributed by atoms with Crippen LogP contribution in [0.1, 0.15) is 55.0 Å². The summed E-state index contributed by atoms with van der Waals surface area (Å²) in [5.74, 6) is -1.62. The maximum absolute atomic E-state index is 12.9. The number of anilines is 1. The Kier molecular flexibility index (Phi) is 5.26. The van der Waals surface area contributed by atoms with Gasteiger partial charge in [0.2, 0.25) is 0 Å². The van der Waals surface area contributed by atoms with Gasteiger partial charge in [0.05, 0.1) is 16.8 Å². The third kappa shape index (κ3) is 4.00. The number of carbonyl (C=O) groups is 3. The van der Waals surface area contributed by atoms with Crippen LogP contribution in [-0.2, 0) is 0 Å². The Labute approximate surface area is 157 Å². The lowest BCUT2D eigenvalue weighted by Gasteiger charge is -2.20. The molecule has 6 heteroatoms. The van der Waals surface area contributed by atoms with E-state index < -0.39 is 11.9 Å². The van der Waals surface area contributed by atoms with Gasteiger partial charge in [0.15, 0.2) is 0 Å². The summed E-state index contributed by atoms with van der Waals surface area (Å²) in [7, 11) is 0. The molecule has 0 unspecified atom stereocenters. The van der Waals surface area contributed by atoms with Crippen molar-refractivity contribution in [2.45, 2.75) is 26.7 Å². The van der Waals surface area contributed by atoms with Gasteiger partial charge < -0.3 is 15.3 Å². The van der Waals surface area contributed by atoms with Crippen molar-refractivity contribution in [3.63, 3.8) is 0 Å². The van der Waals surface area contributed by atoms with Crippen LogP contribution in [0.4, 0.5) is 5.69 Å². The van der Waals surface area contributed by atoms with E-state index in [2.05, 4.69) is 5.32 Å². The summed E-state index contributed by atoms with van der Waals surface area (Å²) in [6.45, 7) is 5.02. The zero-order valence-corrected chi connectivity index (χ0v) is 15.4. The zero-order valence-electron chi connectivity index (χ0n) is 15.4. The SMILES string of the molecule is Cc1cc(C(=O)O)cc(C(=O)Nc2cccc(C)c2C(=O)N2CCCC2)c1. The van der Waals surface area contributed by atoms with Crippen molar-refractivity contribution in [3.8, 4) is 0 Å². The Morgan fingerprint density at radius 2 is 1.67 bits per heavy atom. The fourth-order valence-electron chi connectivity index (χ4n) is 3.37. The molecule has 0 aliphatic carbocycles. The third-order valence-electron chi connectivity index (χ3n) is 4.71. The van der Waals surface area contributed by atoms with Crippen LogP contribution in [-0.4, -0.2) is 40.9 Å². The highest BCUT2D eigenvalue weighted by atomic mass is 16.4. The van der Waals surface area contributed by atoms with Crippen LogP contribution >= 0.6 is 0 Å². The molecule has 0 atom stereocenters. The maximum atomic E-state index is 12.9. The van der Waals surface area contributed by atoms with Crippen LogP contribution < -0.4 is 5.32 Å². The first-order valence-electron chi connectivity index (χ1n) is 8.92. The monoisotopic (exact) mass is 366 g/mol. The second-order valence-corrected chi connectivity index (χ2v) is 6.84. The van der Waals surface area contributed by atoms with Gasteiger partial charge in [-0.15, -0.1) is 0 Å². The number of carboxylic acids is 1. The molecule has 1 saturated heterocycles. The van der Waals surface area contributed by atoms with Gasteiger partial charge in [-0.2, -0.15) is 0 Å². The number of rotatable bonds is 4. The van der Waals surface area contributed by atoms with Crippen molar-refractivity contribution in [3.05, 3.63) is 64.2 Å². The fourth-order valence-corrected chi connectivity index (χ4v) is 3.37. The molecule has 0 radical (unpaired) electrons. The van der Waals surface area contributed by atoms with Crippen LogP contribution in [0.25, 0.3) is 0 Å². The number of benzene rings is 2. The molecule has 6 nitrogen and oxygen atoms in total. The van der Waals surface area contributed by atoms with Gasteiger partial charge in [0.25, 0.3) is 11.8 Å². The third-order valence-corrected chi connectivity index (χ3v) is 4.71. The van der Waals surface area contributed by atoms with Crippen LogP contribution in [0.5, 0.6) is 0 Å². The Morgan fingerprint density at radius 1 is 1.00 bits per heavy atom. The van der Waals surface area contributed by atoms with Crippen LogP contribution in [0.2, 0.25) is 0 Å². The average molecular weight is 366 g/mol. The molecule has 1 aliphatic heterocycles. The van der Waals surface area contributed by atoms with Crippen molar-refractivity contribution < 1.29 is 19.5 Å². The first-order valence-corrected chi connectivity index (χ1v) is 8.92. The Balaban J connectivity index is 1.92. The van der Waals surface area contributed by atoms with E-state index in [-0.39, 0.29) is 17.0 Å². The fraction of sp³-hybridized carbons (Fsp3) is 0.286. The molecule has 2 aromatic carbocycles. The highest BCUT2D eigenvalue weighted by Gasteiger charge is 2.24. The number of aryl methyl sites for hydroxylation is 2. The van der Waals surface area contributed by atoms with E-state index >= 15 is 0 Å². The lowest BCUT2D eigenvalue weighted by atomic mass is 10.0. The highest BCUT2D eigenvalue weighted by molar-refractivity contribution is 6.10. The number of aromatic carboxylic acids is 1. The molecule has 0 bridgehead atoms. The molecule has 1 fully saturated rings. The van der Waals surface area contributed by atoms with Gasteiger partial charge in [0, 0.05) is 18.7 Å². The first-order chi connectivity index (χ1) is 12.9. The lowest BCUT2D eigenvalue weighted by molar-refractivity contribution is 0.0696. The van der Waals surface area contributed by atoms with Crippen molar-refractivity contribution >= 4 is 23.5 Å². The molecule has 0 saturated carbocycles. The summed E-state index contributed by atoms with van der Waals surface area (Å²) in [5.41, 5.74) is 2.69. The van der Waals surface area contributed by atoms with Gasteiger partial charge >= 0.3 is 5.97 Å². The largest absolute Gasteiger partial charge is 0.478 e. The second kappa shape index (κ2) is 7.61. The van der Waals surface area contributed by atoms with Crippen LogP contribution in [0.15, 0.2) is 36.4 Å². The first kappa shape index (κ1) is 18.6. The van der Waals surface area contributed by atoms with E-state index in [4.69, 9.17) is 0 Å². The minimum absolute atomic E-state index is 0.0535. The Hall–Kier alpha value is -3.15. The minimum atomic E-state index is -1.09. The quantitative estimate of drug-likeness (QED) is 0.867. The van der Waals surface area contributed by atoms with Gasteiger partial charge in [0.1, 0.15) is 0 Å². The summed E-state index contributed by atoms with van der Waals surface area (Å²) < 4.78 is 0. The Bertz CT molecular complexity index is 914. The van der Waals surface area contributed by atoms with Crippen LogP contribution in [0.3, 0.4) is 0 Å². The number of hydrogen-bond acceptors (Lipinski definition) is 3. The van der Waals surface area contributed by atoms with Crippen molar-refractivity contribution in [1.29, 1.82) is 0 Å². The highest BCUT2D eigenvalue weighted by Crippen LogP contribution is 2.24. The summed E-state index contributed by atoms with van der Waals surface area (Å²) in [4.78, 5) is 38.7. The molecule has 0 spiro atoms. The molecular weight excluding hydrogens is 344 g/mol. The number of likely N-dealkylation sites (tertiary alicyclic amines) is 1. The lowest BCUT2D eigenvalue weighted by Crippen LogP contribution is -2.29. The number of nitrogens with zero attached hydrogens (tertiary/aromatic N) is 1. The van der Waals surface area contributed by atoms with Crippen LogP contribution in [0, 0.1) is 13.8 Å². The summed E-state index contributed by atoms with van der Waals surface area (Å²) in [6.07, 6.45) is 1.97. The van der Waals surface area contributed by atoms with E-state index in [1.54, 1.807) is 30.0 Å². The van der Waals surface area contributed by atoms with Crippen molar-refractivity contribution in [2.24, 2.45) is 0 Å². The summed E-state index contributed by atoms with van der Waals surface area (Å²) in [5, 5.41) is 12.0. The molecular formula is C21H22N2O4. The molecule has 2 aromatic rings. The topological polar surface area (TPSA) is 86.7 Å². The van der Waals surface area contributed by atoms with E-state index in [1.807, 2.05) is 13.0 Å². The molecule has 1 aliphatic rings. The molecule has 2 amide bonds. The molecule has 2 N–H and O–H groups in total. The van der Waals surface area contributed by atoms with Gasteiger partial charge in [-0.05, 0) is 62.1 Å². The van der Waals surface area contributed by atoms with E-state index in [0.717, 1.165) is 31.5 Å². The summed E-state index contributed by atoms with van der Waals surface area (Å²) >= 11 is 0. The standard InChI is InChI=1S/C21H22N2O4/c1-13-10-15(12-16(11-13)21(26)27)19(24)22-17-7-5-6-14(2)18(17)20(25)23-8-3-4-9-23/h5-7,10-12H,3-4,8-9H2,1-2H3,(H,22,24)(H,26,27). The molecule has 27 heavy (non-hydrogen) atoms. The van der Waals surface area contributed by atoms with Crippen molar-refractivity contribution in [2.75, 3.05) is 18.4 Å². The van der Waals surface area contributed by atoms with Gasteiger partial charge in [-0.3, -0.25) is 9.59 Å². The van der Waals surface area contributed by atoms with E-state index in [1.165, 1.54) is 12.1 Å². The smallest absolute Gasteiger partial charge is 0.335 e. The van der Waals surface area contributed by atoms with Crippen molar-refractivity contribution in [1.82, 2.24) is 4.90 Å². The number of hydrogen-bond donors (Lipinski definition) is 2. The normalized spacial score (nSPS) is 13.5. The molecule has 0 aromatic heterocycles. The number of carboxylic acid groups (broad SMARTS) is 1. The molecule has 140 valence electrons. The maximum Gasteiger partial charge on any atom is 0.335 e. The number of carbonyl (C=O) groups excluding carboxylic acids is 2. The molecule has 1 heterocycles. The predicted octanol–water partition coefficient (Wildman–Crippen LogP) is 3.49. The van der Waals surface area contributed by atoms with E-state index in [9.17, 15) is 19.5 Å². The second-order valence-electron chi connectivity index (χ2n) is 6.84. The zero-order chi connectivity index (χ0) is 19.6. The predicted molar refractivity (Wildman–Crippen MR) is 102 cm³/mol. The Morgan fingerprint density at radius 3 is 2.33 bits per heavy atom. The minimum Gasteiger partial charge on any atom is -0.478 e. The average Bonchev–Trinajstić information content (AvgIpc) is 3.15. The van der Waals surface area contributed by atoms with Gasteiger partial charge in [-0.25, -0.2) is 4.79 Å². The van der Waals surface area contributed by atoms with E-state index in [0.29, 0.717) is 16.8 Å². The molecule has 3 rings (SSSR count). The van der Waals surface area contributed by atoms with Gasteiger partial charge in [-0.1, -0.05) is 12.1 Å². The number of amides is 2.